The number of imide groups is 1. The van der Waals surface area contributed by atoms with Crippen LogP contribution in [0, 0.1) is 21.8 Å². The third-order valence-electron chi connectivity index (χ3n) is 6.01. The second-order valence-corrected chi connectivity index (χ2v) is 8.84. The van der Waals surface area contributed by atoms with Gasteiger partial charge in [-0.25, -0.2) is 14.4 Å². The van der Waals surface area contributed by atoms with E-state index in [1.54, 1.807) is 24.3 Å². The number of nitro benzene ring substituents is 1. The van der Waals surface area contributed by atoms with E-state index in [1.807, 2.05) is 0 Å². The summed E-state index contributed by atoms with van der Waals surface area (Å²) in [5.41, 5.74) is 1.01. The highest BCUT2D eigenvalue weighted by atomic mass is 79.9. The van der Waals surface area contributed by atoms with Crippen molar-refractivity contribution in [2.75, 3.05) is 17.1 Å². The number of amides is 2. The Morgan fingerprint density at radius 1 is 1.03 bits per heavy atom. The second kappa shape index (κ2) is 8.75. The number of hydroxylamine groups is 1. The van der Waals surface area contributed by atoms with Gasteiger partial charge in [-0.3, -0.25) is 24.5 Å². The fraction of sp³-hybridized carbons (Fsp3) is 0.167. The summed E-state index contributed by atoms with van der Waals surface area (Å²) in [5.74, 6) is -2.00. The van der Waals surface area contributed by atoms with Crippen LogP contribution in [0.2, 0.25) is 0 Å². The first-order valence-electron chi connectivity index (χ1n) is 10.5. The zero-order chi connectivity index (χ0) is 24.9. The van der Waals surface area contributed by atoms with Gasteiger partial charge >= 0.3 is 0 Å². The number of halogens is 2. The Morgan fingerprint density at radius 2 is 1.77 bits per heavy atom. The van der Waals surface area contributed by atoms with Crippen molar-refractivity contribution in [2.45, 2.75) is 12.1 Å². The lowest BCUT2D eigenvalue weighted by atomic mass is 9.90. The highest BCUT2D eigenvalue weighted by molar-refractivity contribution is 9.10. The molecule has 0 bridgehead atoms. The van der Waals surface area contributed by atoms with Crippen molar-refractivity contribution in [1.82, 2.24) is 0 Å². The quantitative estimate of drug-likeness (QED) is 0.265. The van der Waals surface area contributed by atoms with Gasteiger partial charge in [0.2, 0.25) is 5.91 Å². The standard InChI is InChI=1S/C24H17BrFN3O6/c1-34-19-10-5-13(11-18(19)25)21-20-22(35-28(21)16-3-2-4-17(12-16)29(32)33)24(31)27(23(20)30)15-8-6-14(26)7-9-15/h2-12,20-22H,1H3/t20-,21-,22-/m0/s1. The number of hydrogen-bond donors (Lipinski definition) is 0. The molecule has 0 unspecified atom stereocenters. The minimum atomic E-state index is -1.17. The van der Waals surface area contributed by atoms with Gasteiger partial charge in [-0.15, -0.1) is 0 Å². The molecule has 35 heavy (non-hydrogen) atoms. The molecule has 11 heteroatoms. The summed E-state index contributed by atoms with van der Waals surface area (Å²) < 4.78 is 19.3. The maximum Gasteiger partial charge on any atom is 0.271 e. The molecule has 178 valence electrons. The molecule has 2 aliphatic heterocycles. The normalized spacial score (nSPS) is 21.4. The highest BCUT2D eigenvalue weighted by Gasteiger charge is 2.60. The zero-order valence-corrected chi connectivity index (χ0v) is 19.7. The summed E-state index contributed by atoms with van der Waals surface area (Å²) in [6.45, 7) is 0. The van der Waals surface area contributed by atoms with Crippen molar-refractivity contribution in [2.24, 2.45) is 5.92 Å². The number of benzene rings is 3. The van der Waals surface area contributed by atoms with Crippen LogP contribution in [0.1, 0.15) is 11.6 Å². The summed E-state index contributed by atoms with van der Waals surface area (Å²) in [4.78, 5) is 44.7. The topological polar surface area (TPSA) is 102 Å². The van der Waals surface area contributed by atoms with E-state index in [9.17, 15) is 24.1 Å². The Balaban J connectivity index is 1.61. The number of ether oxygens (including phenoxy) is 1. The average Bonchev–Trinajstić information content (AvgIpc) is 3.36. The Kier molecular flexibility index (Phi) is 5.73. The number of non-ortho nitro benzene ring substituents is 1. The van der Waals surface area contributed by atoms with Crippen molar-refractivity contribution >= 4 is 44.8 Å². The van der Waals surface area contributed by atoms with Crippen LogP contribution in [-0.4, -0.2) is 30.0 Å². The molecule has 0 N–H and O–H groups in total. The molecule has 3 aromatic rings. The Labute approximate surface area is 206 Å². The van der Waals surface area contributed by atoms with Crippen LogP contribution in [0.4, 0.5) is 21.5 Å². The molecule has 2 aliphatic rings. The van der Waals surface area contributed by atoms with E-state index in [-0.39, 0.29) is 11.4 Å². The molecule has 5 rings (SSSR count). The average molecular weight is 542 g/mol. The molecule has 2 heterocycles. The van der Waals surface area contributed by atoms with E-state index in [0.29, 0.717) is 21.5 Å². The van der Waals surface area contributed by atoms with Gasteiger partial charge in [-0.1, -0.05) is 12.1 Å². The molecular formula is C24H17BrFN3O6. The van der Waals surface area contributed by atoms with E-state index in [2.05, 4.69) is 15.9 Å². The van der Waals surface area contributed by atoms with Gasteiger partial charge in [0, 0.05) is 12.1 Å². The first-order chi connectivity index (χ1) is 16.8. The second-order valence-electron chi connectivity index (χ2n) is 7.98. The van der Waals surface area contributed by atoms with E-state index in [0.717, 1.165) is 4.90 Å². The number of carbonyl (C=O) groups is 2. The Morgan fingerprint density at radius 3 is 2.43 bits per heavy atom. The summed E-state index contributed by atoms with van der Waals surface area (Å²) in [7, 11) is 1.52. The third kappa shape index (κ3) is 3.82. The van der Waals surface area contributed by atoms with Gasteiger partial charge < -0.3 is 4.74 Å². The maximum atomic E-state index is 13.6. The number of carbonyl (C=O) groups excluding carboxylic acids is 2. The molecule has 9 nitrogen and oxygen atoms in total. The van der Waals surface area contributed by atoms with Crippen molar-refractivity contribution < 1.29 is 28.5 Å². The molecule has 0 aliphatic carbocycles. The zero-order valence-electron chi connectivity index (χ0n) is 18.1. The van der Waals surface area contributed by atoms with Crippen LogP contribution >= 0.6 is 15.9 Å². The third-order valence-corrected chi connectivity index (χ3v) is 6.63. The van der Waals surface area contributed by atoms with Crippen molar-refractivity contribution in [1.29, 1.82) is 0 Å². The van der Waals surface area contributed by atoms with Crippen molar-refractivity contribution in [3.63, 3.8) is 0 Å². The largest absolute Gasteiger partial charge is 0.496 e. The van der Waals surface area contributed by atoms with Gasteiger partial charge in [0.15, 0.2) is 6.10 Å². The summed E-state index contributed by atoms with van der Waals surface area (Å²) in [6, 6.07) is 15.2. The van der Waals surface area contributed by atoms with Crippen LogP contribution < -0.4 is 14.7 Å². The summed E-state index contributed by atoms with van der Waals surface area (Å²) in [5, 5.41) is 12.7. The number of nitro groups is 1. The number of methoxy groups -OCH3 is 1. The molecule has 2 amide bonds. The predicted molar refractivity (Wildman–Crippen MR) is 126 cm³/mol. The molecule has 2 fully saturated rings. The fourth-order valence-corrected chi connectivity index (χ4v) is 4.99. The number of fused-ring (bicyclic) bond motifs is 1. The first-order valence-corrected chi connectivity index (χ1v) is 11.3. The van der Waals surface area contributed by atoms with Crippen molar-refractivity contribution in [3.8, 4) is 5.75 Å². The number of nitrogens with zero attached hydrogens (tertiary/aromatic N) is 3. The lowest BCUT2D eigenvalue weighted by Gasteiger charge is -2.29. The molecule has 0 spiro atoms. The summed E-state index contributed by atoms with van der Waals surface area (Å²) >= 11 is 3.44. The lowest BCUT2D eigenvalue weighted by Crippen LogP contribution is -2.37. The van der Waals surface area contributed by atoms with Gasteiger partial charge in [0.1, 0.15) is 17.5 Å². The van der Waals surface area contributed by atoms with Crippen LogP contribution in [0.25, 0.3) is 0 Å². The number of rotatable bonds is 5. The smallest absolute Gasteiger partial charge is 0.271 e. The molecular weight excluding hydrogens is 525 g/mol. The molecule has 0 saturated carbocycles. The molecule has 3 atom stereocenters. The van der Waals surface area contributed by atoms with E-state index < -0.39 is 40.6 Å². The number of anilines is 2. The minimum absolute atomic E-state index is 0.164. The molecule has 2 saturated heterocycles. The monoisotopic (exact) mass is 541 g/mol. The SMILES string of the molecule is COc1ccc([C@H]2[C@@H]3C(=O)N(c4ccc(F)cc4)C(=O)[C@H]3ON2c2cccc([N+](=O)[O-])c2)cc1Br. The predicted octanol–water partition coefficient (Wildman–Crippen LogP) is 4.56. The fourth-order valence-electron chi connectivity index (χ4n) is 4.43. The molecule has 0 aromatic heterocycles. The van der Waals surface area contributed by atoms with Crippen molar-refractivity contribution in [3.05, 3.63) is 92.7 Å². The Hall–Kier alpha value is -3.83. The van der Waals surface area contributed by atoms with Crippen LogP contribution in [0.15, 0.2) is 71.2 Å². The Bertz CT molecular complexity index is 1350. The van der Waals surface area contributed by atoms with Crippen LogP contribution in [-0.2, 0) is 14.4 Å². The van der Waals surface area contributed by atoms with E-state index in [4.69, 9.17) is 9.57 Å². The van der Waals surface area contributed by atoms with Crippen LogP contribution in [0.3, 0.4) is 0 Å². The maximum absolute atomic E-state index is 13.6. The highest BCUT2D eigenvalue weighted by Crippen LogP contribution is 2.48. The lowest BCUT2D eigenvalue weighted by molar-refractivity contribution is -0.384. The number of hydrogen-bond acceptors (Lipinski definition) is 7. The van der Waals surface area contributed by atoms with Gasteiger partial charge in [-0.05, 0) is 64.0 Å². The first kappa shape index (κ1) is 22.9. The molecule has 0 radical (unpaired) electrons. The minimum Gasteiger partial charge on any atom is -0.496 e. The van der Waals surface area contributed by atoms with Gasteiger partial charge in [-0.2, -0.15) is 0 Å². The van der Waals surface area contributed by atoms with Crippen LogP contribution in [0.5, 0.6) is 5.75 Å². The summed E-state index contributed by atoms with van der Waals surface area (Å²) in [6.07, 6.45) is -1.17. The van der Waals surface area contributed by atoms with E-state index in [1.165, 1.54) is 54.6 Å². The molecule has 3 aromatic carbocycles. The van der Waals surface area contributed by atoms with Gasteiger partial charge in [0.05, 0.1) is 33.9 Å². The van der Waals surface area contributed by atoms with E-state index >= 15 is 0 Å². The van der Waals surface area contributed by atoms with Gasteiger partial charge in [0.25, 0.3) is 11.6 Å².